The molecule has 0 N–H and O–H groups in total. The maximum absolute atomic E-state index is 12.8. The quantitative estimate of drug-likeness (QED) is 0.110. The minimum atomic E-state index is -6.61. The molecule has 6 nitrogen and oxygen atoms in total. The van der Waals surface area contributed by atoms with Gasteiger partial charge >= 0.3 is 79.9 Å². The van der Waals surface area contributed by atoms with Gasteiger partial charge in [0.1, 0.15) is 0 Å². The molecule has 0 rings (SSSR count). The standard InChI is InChI=1S/3C10H10F7O2.In/c3*1-7(2,3)5(18)4-6(19)8(11,12)9(13,14)10(15,16)17;/h3*4H,1-3H3;/q3*-1;+3. The van der Waals surface area contributed by atoms with E-state index in [1.807, 2.05) is 0 Å². The molecule has 0 fully saturated rings. The monoisotopic (exact) mass is 1000 g/mol. The van der Waals surface area contributed by atoms with Crippen LogP contribution in [-0.2, 0) is 28.8 Å². The van der Waals surface area contributed by atoms with Gasteiger partial charge in [-0.15, -0.1) is 0 Å². The Kier molecular flexibility index (Phi) is 19.9. The molecule has 336 valence electrons. The Hall–Kier alpha value is -2.97. The molecular formula is C30H30F21InO6. The number of Topliss-reactive ketones (excluding diaryl/α,β-unsaturated/α-hetero) is 6. The van der Waals surface area contributed by atoms with Crippen molar-refractivity contribution in [1.29, 1.82) is 0 Å². The molecule has 58 heavy (non-hydrogen) atoms. The molecular weight excluding hydrogens is 970 g/mol. The first kappa shape index (κ1) is 61.7. The number of alkyl halides is 21. The van der Waals surface area contributed by atoms with Crippen molar-refractivity contribution in [3.8, 4) is 0 Å². The molecule has 0 aliphatic rings. The van der Waals surface area contributed by atoms with Gasteiger partial charge in [0, 0.05) is 17.3 Å². The molecule has 0 unspecified atom stereocenters. The number of rotatable bonds is 12. The van der Waals surface area contributed by atoms with E-state index in [0.29, 0.717) is 0 Å². The van der Waals surface area contributed by atoms with Crippen molar-refractivity contribution >= 4 is 60.5 Å². The Morgan fingerprint density at radius 3 is 0.483 bits per heavy atom. The summed E-state index contributed by atoms with van der Waals surface area (Å²) in [4.78, 5) is 65.9. The van der Waals surface area contributed by atoms with Crippen molar-refractivity contribution in [2.24, 2.45) is 16.2 Å². The smallest absolute Gasteiger partial charge is 0.333 e. The third-order valence-electron chi connectivity index (χ3n) is 6.18. The summed E-state index contributed by atoms with van der Waals surface area (Å²) in [5, 5.41) is 0. The van der Waals surface area contributed by atoms with E-state index in [4.69, 9.17) is 0 Å². The van der Waals surface area contributed by atoms with Gasteiger partial charge in [-0.2, -0.15) is 92.2 Å². The summed E-state index contributed by atoms with van der Waals surface area (Å²) in [5.41, 5.74) is -4.09. The van der Waals surface area contributed by atoms with Crippen LogP contribution in [0.3, 0.4) is 0 Å². The Balaban J connectivity index is -0.000000374. The van der Waals surface area contributed by atoms with Crippen molar-refractivity contribution in [3.63, 3.8) is 0 Å². The SMILES string of the molecule is CC(C)(C)C(=O)[CH-]C(=O)C(F)(F)C(F)(F)C(F)(F)F.CC(C)(C)C(=O)[CH-]C(=O)C(F)(F)C(F)(F)C(F)(F)F.CC(C)(C)C(=O)[CH-]C(=O)C(F)(F)C(F)(F)C(F)(F)F.[In+3]. The second-order valence-corrected chi connectivity index (χ2v) is 14.3. The van der Waals surface area contributed by atoms with E-state index in [9.17, 15) is 121 Å². The predicted molar refractivity (Wildman–Crippen MR) is 155 cm³/mol. The molecule has 0 bridgehead atoms. The fourth-order valence-corrected chi connectivity index (χ4v) is 2.28. The third-order valence-corrected chi connectivity index (χ3v) is 6.18. The van der Waals surface area contributed by atoms with Crippen molar-refractivity contribution in [2.45, 2.75) is 116 Å². The molecule has 0 saturated carbocycles. The fourth-order valence-electron chi connectivity index (χ4n) is 2.28. The molecule has 0 aromatic rings. The van der Waals surface area contributed by atoms with E-state index >= 15 is 0 Å². The number of carbonyl (C=O) groups excluding carboxylic acids is 6. The summed E-state index contributed by atoms with van der Waals surface area (Å²) in [6.07, 6.45) is -21.1. The van der Waals surface area contributed by atoms with Crippen LogP contribution in [0, 0.1) is 35.5 Å². The van der Waals surface area contributed by atoms with Gasteiger partial charge in [0.15, 0.2) is 0 Å². The average Bonchev–Trinajstić information content (AvgIpc) is 2.93. The first-order valence-electron chi connectivity index (χ1n) is 14.4. The number of hydrogen-bond donors (Lipinski definition) is 0. The Morgan fingerprint density at radius 2 is 0.397 bits per heavy atom. The second kappa shape index (κ2) is 18.7. The third kappa shape index (κ3) is 14.6. The minimum Gasteiger partial charge on any atom is -0.333 e. The summed E-state index contributed by atoms with van der Waals surface area (Å²) in [6.45, 7) is 10.6. The van der Waals surface area contributed by atoms with E-state index in [2.05, 4.69) is 0 Å². The fraction of sp³-hybridized carbons (Fsp3) is 0.700. The van der Waals surface area contributed by atoms with Crippen LogP contribution in [-0.4, -0.2) is 115 Å². The van der Waals surface area contributed by atoms with E-state index in [1.54, 1.807) is 0 Å². The number of halogens is 21. The van der Waals surface area contributed by atoms with Crippen molar-refractivity contribution < 1.29 is 121 Å². The number of hydrogen-bond acceptors (Lipinski definition) is 6. The van der Waals surface area contributed by atoms with Gasteiger partial charge in [-0.25, -0.2) is 0 Å². The summed E-state index contributed by atoms with van der Waals surface area (Å²) in [6, 6.07) is 0. The molecule has 0 aliphatic heterocycles. The minimum absolute atomic E-state index is 0. The zero-order chi connectivity index (χ0) is 47.6. The van der Waals surface area contributed by atoms with Gasteiger partial charge in [-0.3, -0.25) is 19.3 Å². The molecule has 0 saturated heterocycles. The maximum Gasteiger partial charge on any atom is 3.00 e. The summed E-state index contributed by atoms with van der Waals surface area (Å²) in [5.74, 6) is -50.2. The average molecular weight is 1000 g/mol. The molecule has 0 aromatic heterocycles. The zero-order valence-electron chi connectivity index (χ0n) is 30.7. The normalized spacial score (nSPS) is 14.0. The van der Waals surface area contributed by atoms with Crippen LogP contribution < -0.4 is 0 Å². The van der Waals surface area contributed by atoms with Crippen molar-refractivity contribution in [2.75, 3.05) is 0 Å². The Labute approximate surface area is 333 Å². The van der Waals surface area contributed by atoms with Crippen LogP contribution in [0.2, 0.25) is 0 Å². The van der Waals surface area contributed by atoms with Gasteiger partial charge < -0.3 is 28.8 Å². The summed E-state index contributed by atoms with van der Waals surface area (Å²) < 4.78 is 258. The van der Waals surface area contributed by atoms with Crippen LogP contribution in [0.25, 0.3) is 0 Å². The van der Waals surface area contributed by atoms with Crippen LogP contribution in [0.1, 0.15) is 62.3 Å². The van der Waals surface area contributed by atoms with Gasteiger partial charge in [0.05, 0.1) is 17.3 Å². The van der Waals surface area contributed by atoms with E-state index in [1.165, 1.54) is 62.3 Å². The largest absolute Gasteiger partial charge is 3.00 e. The van der Waals surface area contributed by atoms with E-state index in [-0.39, 0.29) is 25.8 Å². The first-order chi connectivity index (χ1) is 24.1. The first-order valence-corrected chi connectivity index (χ1v) is 14.4. The van der Waals surface area contributed by atoms with Gasteiger partial charge in [0.2, 0.25) is 0 Å². The molecule has 0 heterocycles. The maximum atomic E-state index is 12.8. The predicted octanol–water partition coefficient (Wildman–Crippen LogP) is 9.24. The Bertz CT molecular complexity index is 1310. The molecule has 0 spiro atoms. The van der Waals surface area contributed by atoms with Crippen LogP contribution in [0.4, 0.5) is 92.2 Å². The van der Waals surface area contributed by atoms with Crippen LogP contribution in [0.5, 0.6) is 0 Å². The van der Waals surface area contributed by atoms with E-state index in [0.717, 1.165) is 0 Å². The topological polar surface area (TPSA) is 102 Å². The zero-order valence-corrected chi connectivity index (χ0v) is 34.0. The van der Waals surface area contributed by atoms with Crippen LogP contribution in [0.15, 0.2) is 0 Å². The molecule has 0 aliphatic carbocycles. The number of carbonyl (C=O) groups is 6. The molecule has 0 atom stereocenters. The van der Waals surface area contributed by atoms with Crippen LogP contribution >= 0.6 is 0 Å². The molecule has 28 heteroatoms. The van der Waals surface area contributed by atoms with Crippen molar-refractivity contribution in [3.05, 3.63) is 19.3 Å². The van der Waals surface area contributed by atoms with Gasteiger partial charge in [0.25, 0.3) is 0 Å². The number of ketones is 6. The van der Waals surface area contributed by atoms with Gasteiger partial charge in [-0.1, -0.05) is 62.3 Å². The van der Waals surface area contributed by atoms with Gasteiger partial charge in [-0.05, 0) is 16.2 Å². The second-order valence-electron chi connectivity index (χ2n) is 14.3. The summed E-state index contributed by atoms with van der Waals surface area (Å²) >= 11 is 0. The molecule has 0 radical (unpaired) electrons. The summed E-state index contributed by atoms with van der Waals surface area (Å²) in [7, 11) is 0. The molecule has 0 amide bonds. The van der Waals surface area contributed by atoms with E-state index < -0.39 is 124 Å². The molecule has 0 aromatic carbocycles. The van der Waals surface area contributed by atoms with Crippen molar-refractivity contribution in [1.82, 2.24) is 0 Å². The Morgan fingerprint density at radius 1 is 0.276 bits per heavy atom.